The molecule has 0 saturated carbocycles. The highest BCUT2D eigenvalue weighted by molar-refractivity contribution is 6.31. The molecule has 0 heterocycles. The minimum atomic E-state index is 0.0408. The number of hydrogen-bond donors (Lipinski definition) is 3. The third-order valence-corrected chi connectivity index (χ3v) is 3.34. The van der Waals surface area contributed by atoms with E-state index in [1.807, 2.05) is 12.1 Å². The Labute approximate surface area is 122 Å². The molecule has 0 unspecified atom stereocenters. The zero-order valence-electron chi connectivity index (χ0n) is 11.1. The summed E-state index contributed by atoms with van der Waals surface area (Å²) in [6, 6.07) is 10.00. The number of nitrogens with one attached hydrogen (secondary N) is 1. The first-order chi connectivity index (χ1) is 9.61. The molecule has 3 N–H and O–H groups in total. The summed E-state index contributed by atoms with van der Waals surface area (Å²) in [5.74, 6) is 0.822. The summed E-state index contributed by atoms with van der Waals surface area (Å²) in [6.45, 7) is 0.976. The summed E-state index contributed by atoms with van der Waals surface area (Å²) in [5, 5.41) is 22.7. The highest BCUT2D eigenvalue weighted by Gasteiger charge is 2.08. The number of rotatable bonds is 5. The van der Waals surface area contributed by atoms with Crippen molar-refractivity contribution in [3.8, 4) is 17.2 Å². The normalized spacial score (nSPS) is 10.5. The molecule has 106 valence electrons. The van der Waals surface area contributed by atoms with E-state index >= 15 is 0 Å². The summed E-state index contributed by atoms with van der Waals surface area (Å²) >= 11 is 6.14. The van der Waals surface area contributed by atoms with Gasteiger partial charge in [0, 0.05) is 35.3 Å². The molecule has 0 bridgehead atoms. The van der Waals surface area contributed by atoms with Crippen LogP contribution in [0.4, 0.5) is 0 Å². The van der Waals surface area contributed by atoms with Crippen molar-refractivity contribution in [3.05, 3.63) is 52.5 Å². The molecule has 20 heavy (non-hydrogen) atoms. The van der Waals surface area contributed by atoms with Gasteiger partial charge >= 0.3 is 0 Å². The summed E-state index contributed by atoms with van der Waals surface area (Å²) in [4.78, 5) is 0. The van der Waals surface area contributed by atoms with E-state index in [1.54, 1.807) is 19.2 Å². The third kappa shape index (κ3) is 3.35. The van der Waals surface area contributed by atoms with Gasteiger partial charge in [-0.15, -0.1) is 0 Å². The number of phenols is 2. The molecule has 0 aliphatic rings. The lowest BCUT2D eigenvalue weighted by molar-refractivity contribution is 0.407. The lowest BCUT2D eigenvalue weighted by atomic mass is 10.1. The van der Waals surface area contributed by atoms with Gasteiger partial charge in [-0.3, -0.25) is 0 Å². The van der Waals surface area contributed by atoms with Gasteiger partial charge in [-0.2, -0.15) is 0 Å². The first-order valence-corrected chi connectivity index (χ1v) is 6.52. The van der Waals surface area contributed by atoms with Gasteiger partial charge in [-0.1, -0.05) is 23.7 Å². The first kappa shape index (κ1) is 14.5. The number of phenolic OH excluding ortho intramolecular Hbond substituents is 2. The molecule has 0 atom stereocenters. The largest absolute Gasteiger partial charge is 0.508 e. The zero-order chi connectivity index (χ0) is 14.5. The molecule has 4 nitrogen and oxygen atoms in total. The minimum Gasteiger partial charge on any atom is -0.508 e. The van der Waals surface area contributed by atoms with E-state index in [9.17, 15) is 10.2 Å². The molecule has 0 aliphatic heterocycles. The van der Waals surface area contributed by atoms with Crippen molar-refractivity contribution in [1.29, 1.82) is 0 Å². The van der Waals surface area contributed by atoms with Crippen LogP contribution in [0.1, 0.15) is 11.1 Å². The number of methoxy groups -OCH3 is 1. The second-order valence-corrected chi connectivity index (χ2v) is 4.74. The Morgan fingerprint density at radius 2 is 1.95 bits per heavy atom. The molecule has 2 aromatic carbocycles. The number of halogens is 1. The van der Waals surface area contributed by atoms with E-state index in [4.69, 9.17) is 16.3 Å². The maximum atomic E-state index is 9.69. The monoisotopic (exact) mass is 293 g/mol. The van der Waals surface area contributed by atoms with Crippen molar-refractivity contribution in [1.82, 2.24) is 5.32 Å². The molecule has 2 rings (SSSR count). The van der Waals surface area contributed by atoms with Crippen molar-refractivity contribution in [2.75, 3.05) is 7.11 Å². The van der Waals surface area contributed by atoms with E-state index in [-0.39, 0.29) is 11.5 Å². The van der Waals surface area contributed by atoms with Gasteiger partial charge in [-0.05, 0) is 18.2 Å². The van der Waals surface area contributed by atoms with Crippen LogP contribution < -0.4 is 10.1 Å². The van der Waals surface area contributed by atoms with Gasteiger partial charge in [-0.25, -0.2) is 0 Å². The molecule has 5 heteroatoms. The summed E-state index contributed by atoms with van der Waals surface area (Å²) in [6.07, 6.45) is 0. The fourth-order valence-electron chi connectivity index (χ4n) is 1.93. The van der Waals surface area contributed by atoms with E-state index in [1.165, 1.54) is 12.1 Å². The number of benzene rings is 2. The maximum Gasteiger partial charge on any atom is 0.124 e. The van der Waals surface area contributed by atoms with Gasteiger partial charge in [0.25, 0.3) is 0 Å². The van der Waals surface area contributed by atoms with Crippen LogP contribution in [-0.4, -0.2) is 17.3 Å². The van der Waals surface area contributed by atoms with Crippen molar-refractivity contribution in [2.45, 2.75) is 13.1 Å². The van der Waals surface area contributed by atoms with Crippen LogP contribution in [0, 0.1) is 0 Å². The first-order valence-electron chi connectivity index (χ1n) is 6.14. The Bertz CT molecular complexity index is 602. The van der Waals surface area contributed by atoms with Crippen molar-refractivity contribution in [2.24, 2.45) is 0 Å². The summed E-state index contributed by atoms with van der Waals surface area (Å²) in [5.41, 5.74) is 1.57. The quantitative estimate of drug-likeness (QED) is 0.793. The number of aromatic hydroxyl groups is 2. The van der Waals surface area contributed by atoms with Gasteiger partial charge in [0.1, 0.15) is 17.2 Å². The molecule has 0 radical (unpaired) electrons. The lowest BCUT2D eigenvalue weighted by Gasteiger charge is -2.12. The predicted octanol–water partition coefficient (Wildman–Crippen LogP) is 3.05. The van der Waals surface area contributed by atoms with Crippen molar-refractivity contribution < 1.29 is 14.9 Å². The average molecular weight is 294 g/mol. The molecule has 0 saturated heterocycles. The smallest absolute Gasteiger partial charge is 0.124 e. The SMILES string of the molecule is COc1cccc(Cl)c1CNCc1ccc(O)cc1O. The van der Waals surface area contributed by atoms with Crippen LogP contribution >= 0.6 is 11.6 Å². The van der Waals surface area contributed by atoms with Gasteiger partial charge in [0.2, 0.25) is 0 Å². The standard InChI is InChI=1S/C15H16ClNO3/c1-20-15-4-2-3-13(16)12(15)9-17-8-10-5-6-11(18)7-14(10)19/h2-7,17-19H,8-9H2,1H3. The predicted molar refractivity (Wildman–Crippen MR) is 78.3 cm³/mol. The molecule has 0 amide bonds. The molecular weight excluding hydrogens is 278 g/mol. The van der Waals surface area contributed by atoms with Crippen LogP contribution in [0.3, 0.4) is 0 Å². The Hall–Kier alpha value is -1.91. The van der Waals surface area contributed by atoms with E-state index in [0.717, 1.165) is 11.3 Å². The third-order valence-electron chi connectivity index (χ3n) is 2.98. The molecule has 0 fully saturated rings. The topological polar surface area (TPSA) is 61.7 Å². The fourth-order valence-corrected chi connectivity index (χ4v) is 2.16. The van der Waals surface area contributed by atoms with Crippen LogP contribution in [0.5, 0.6) is 17.2 Å². The number of hydrogen-bond acceptors (Lipinski definition) is 4. The van der Waals surface area contributed by atoms with Gasteiger partial charge in [0.05, 0.1) is 7.11 Å². The fraction of sp³-hybridized carbons (Fsp3) is 0.200. The molecule has 2 aromatic rings. The minimum absolute atomic E-state index is 0.0408. The summed E-state index contributed by atoms with van der Waals surface area (Å²) < 4.78 is 5.26. The Kier molecular flexibility index (Phi) is 4.71. The molecular formula is C15H16ClNO3. The lowest BCUT2D eigenvalue weighted by Crippen LogP contribution is -2.13. The van der Waals surface area contributed by atoms with Gasteiger partial charge < -0.3 is 20.3 Å². The van der Waals surface area contributed by atoms with E-state index in [2.05, 4.69) is 5.32 Å². The average Bonchev–Trinajstić information content (AvgIpc) is 2.42. The second-order valence-electron chi connectivity index (χ2n) is 4.34. The Morgan fingerprint density at radius 3 is 2.65 bits per heavy atom. The van der Waals surface area contributed by atoms with Crippen LogP contribution in [0.25, 0.3) is 0 Å². The highest BCUT2D eigenvalue weighted by atomic mass is 35.5. The maximum absolute atomic E-state index is 9.69. The molecule has 0 aliphatic carbocycles. The zero-order valence-corrected chi connectivity index (χ0v) is 11.8. The Balaban J connectivity index is 2.03. The van der Waals surface area contributed by atoms with Gasteiger partial charge in [0.15, 0.2) is 0 Å². The second kappa shape index (κ2) is 6.50. The summed E-state index contributed by atoms with van der Waals surface area (Å²) in [7, 11) is 1.60. The van der Waals surface area contributed by atoms with Crippen LogP contribution in [0.2, 0.25) is 5.02 Å². The van der Waals surface area contributed by atoms with Crippen LogP contribution in [-0.2, 0) is 13.1 Å². The van der Waals surface area contributed by atoms with Crippen molar-refractivity contribution >= 4 is 11.6 Å². The van der Waals surface area contributed by atoms with E-state index < -0.39 is 0 Å². The van der Waals surface area contributed by atoms with E-state index in [0.29, 0.717) is 23.7 Å². The number of ether oxygens (including phenoxy) is 1. The highest BCUT2D eigenvalue weighted by Crippen LogP contribution is 2.26. The molecule has 0 aromatic heterocycles. The van der Waals surface area contributed by atoms with Crippen molar-refractivity contribution in [3.63, 3.8) is 0 Å². The van der Waals surface area contributed by atoms with Crippen LogP contribution in [0.15, 0.2) is 36.4 Å². The Morgan fingerprint density at radius 1 is 1.15 bits per heavy atom. The molecule has 0 spiro atoms.